The maximum atomic E-state index is 10.3. The van der Waals surface area contributed by atoms with Crippen molar-refractivity contribution in [2.45, 2.75) is 25.9 Å². The van der Waals surface area contributed by atoms with Crippen LogP contribution in [-0.2, 0) is 11.3 Å². The molecule has 0 aromatic heterocycles. The largest absolute Gasteiger partial charge is 0.548 e. The summed E-state index contributed by atoms with van der Waals surface area (Å²) < 4.78 is 0.990. The molecule has 2 rings (SSSR count). The van der Waals surface area contributed by atoms with Crippen molar-refractivity contribution in [3.05, 3.63) is 35.9 Å². The summed E-state index contributed by atoms with van der Waals surface area (Å²) in [5.41, 5.74) is 1.40. The average Bonchev–Trinajstić information content (AvgIpc) is 2.38. The third-order valence-corrected chi connectivity index (χ3v) is 2.93. The van der Waals surface area contributed by atoms with Gasteiger partial charge in [-0.25, -0.2) is 0 Å². The number of carboxylic acid groups (broad SMARTS) is 1. The average molecular weight is 291 g/mol. The van der Waals surface area contributed by atoms with Crippen LogP contribution in [0.3, 0.4) is 0 Å². The number of nitrogens with one attached hydrogen (secondary N) is 1. The Morgan fingerprint density at radius 2 is 1.95 bits per heavy atom. The molecule has 0 saturated carbocycles. The fraction of sp³-hybridized carbons (Fsp3) is 0.500. The Bertz CT molecular complexity index is 478. The number of carbonyl (C=O) groups is 1. The van der Waals surface area contributed by atoms with Crippen LogP contribution in [-0.4, -0.2) is 50.0 Å². The Morgan fingerprint density at radius 3 is 2.38 bits per heavy atom. The Morgan fingerprint density at radius 1 is 1.33 bits per heavy atom. The number of benzene rings is 1. The fourth-order valence-electron chi connectivity index (χ4n) is 2.04. The predicted octanol–water partition coefficient (Wildman–Crippen LogP) is 0.409. The zero-order valence-corrected chi connectivity index (χ0v) is 13.3. The summed E-state index contributed by atoms with van der Waals surface area (Å²) in [5, 5.41) is 13.0. The lowest BCUT2D eigenvalue weighted by molar-refractivity contribution is -0.884. The lowest BCUT2D eigenvalue weighted by atomic mass is 10.2. The predicted molar refractivity (Wildman–Crippen MR) is 82.7 cm³/mol. The number of quaternary nitrogens is 1. The minimum atomic E-state index is -1.05. The standard InChI is InChI=1S/C10H16N.C6H10N2O2/c1-11(2,3)9-10-7-5-4-6-8-10;1-4-7-3-2-5(8-4)6(9)10/h4-8H,9H2,1-3H3;5H,2-3H2,1H3,(H,7,8)(H,9,10)/q+1;/p-1. The molecule has 1 heterocycles. The van der Waals surface area contributed by atoms with Gasteiger partial charge in [0.15, 0.2) is 0 Å². The SMILES string of the molecule is CC1=NCCC(C(=O)[O-])N1.C[N+](C)(C)Cc1ccccc1. The van der Waals surface area contributed by atoms with Crippen LogP contribution in [0, 0.1) is 0 Å². The molecule has 0 saturated heterocycles. The summed E-state index contributed by atoms with van der Waals surface area (Å²) >= 11 is 0. The third-order valence-electron chi connectivity index (χ3n) is 2.93. The lowest BCUT2D eigenvalue weighted by Crippen LogP contribution is -2.49. The van der Waals surface area contributed by atoms with E-state index in [0.717, 1.165) is 11.0 Å². The van der Waals surface area contributed by atoms with Crippen LogP contribution in [0.25, 0.3) is 0 Å². The second kappa shape index (κ2) is 7.78. The van der Waals surface area contributed by atoms with Gasteiger partial charge in [0.2, 0.25) is 0 Å². The van der Waals surface area contributed by atoms with Gasteiger partial charge in [-0.15, -0.1) is 0 Å². The van der Waals surface area contributed by atoms with E-state index >= 15 is 0 Å². The number of amidine groups is 1. The first-order chi connectivity index (χ1) is 9.78. The molecule has 0 fully saturated rings. The van der Waals surface area contributed by atoms with Gasteiger partial charge in [-0.1, -0.05) is 30.3 Å². The fourth-order valence-corrected chi connectivity index (χ4v) is 2.04. The van der Waals surface area contributed by atoms with Crippen LogP contribution in [0.4, 0.5) is 0 Å². The molecule has 5 heteroatoms. The molecule has 1 aromatic rings. The number of aliphatic carboxylic acids is 1. The molecule has 1 N–H and O–H groups in total. The lowest BCUT2D eigenvalue weighted by Gasteiger charge is -2.23. The highest BCUT2D eigenvalue weighted by atomic mass is 16.4. The number of nitrogens with zero attached hydrogens (tertiary/aromatic N) is 2. The summed E-state index contributed by atoms with van der Waals surface area (Å²) in [5.74, 6) is -0.366. The Balaban J connectivity index is 0.000000211. The molecule has 21 heavy (non-hydrogen) atoms. The van der Waals surface area contributed by atoms with E-state index in [4.69, 9.17) is 0 Å². The number of carbonyl (C=O) groups excluding carboxylic acids is 1. The summed E-state index contributed by atoms with van der Waals surface area (Å²) in [4.78, 5) is 14.2. The molecule has 5 nitrogen and oxygen atoms in total. The topological polar surface area (TPSA) is 64.5 Å². The number of aliphatic imine (C=N–C) groups is 1. The van der Waals surface area contributed by atoms with Crippen molar-refractivity contribution < 1.29 is 14.4 Å². The zero-order chi connectivity index (χ0) is 15.9. The number of hydrogen-bond acceptors (Lipinski definition) is 4. The minimum Gasteiger partial charge on any atom is -0.548 e. The van der Waals surface area contributed by atoms with Gasteiger partial charge in [0, 0.05) is 12.1 Å². The highest BCUT2D eigenvalue weighted by Gasteiger charge is 2.12. The quantitative estimate of drug-likeness (QED) is 0.820. The normalized spacial score (nSPS) is 17.9. The highest BCUT2D eigenvalue weighted by molar-refractivity contribution is 5.85. The van der Waals surface area contributed by atoms with Gasteiger partial charge >= 0.3 is 0 Å². The van der Waals surface area contributed by atoms with Crippen LogP contribution in [0.1, 0.15) is 18.9 Å². The maximum absolute atomic E-state index is 10.3. The molecule has 0 bridgehead atoms. The van der Waals surface area contributed by atoms with Gasteiger partial charge in [0.1, 0.15) is 6.54 Å². The second-order valence-electron chi connectivity index (χ2n) is 6.21. The maximum Gasteiger partial charge on any atom is 0.104 e. The molecule has 1 aliphatic heterocycles. The van der Waals surface area contributed by atoms with Crippen LogP contribution in [0.2, 0.25) is 0 Å². The van der Waals surface area contributed by atoms with Gasteiger partial charge in [-0.05, 0) is 13.3 Å². The van der Waals surface area contributed by atoms with Crippen molar-refractivity contribution >= 4 is 11.8 Å². The molecule has 0 radical (unpaired) electrons. The third kappa shape index (κ3) is 7.46. The van der Waals surface area contributed by atoms with E-state index in [2.05, 4.69) is 61.8 Å². The van der Waals surface area contributed by atoms with E-state index in [-0.39, 0.29) is 0 Å². The van der Waals surface area contributed by atoms with Crippen molar-refractivity contribution in [3.8, 4) is 0 Å². The Labute approximate surface area is 126 Å². The summed E-state index contributed by atoms with van der Waals surface area (Å²) in [6, 6.07) is 10.0. The van der Waals surface area contributed by atoms with Crippen molar-refractivity contribution in [3.63, 3.8) is 0 Å². The molecule has 1 unspecified atom stereocenters. The molecule has 1 aliphatic rings. The molecule has 1 atom stereocenters. The second-order valence-corrected chi connectivity index (χ2v) is 6.21. The molecule has 116 valence electrons. The molecular weight excluding hydrogens is 266 g/mol. The van der Waals surface area contributed by atoms with Gasteiger partial charge < -0.3 is 19.7 Å². The molecule has 0 spiro atoms. The Hall–Kier alpha value is -1.88. The smallest absolute Gasteiger partial charge is 0.104 e. The molecule has 0 amide bonds. The first-order valence-corrected chi connectivity index (χ1v) is 7.11. The summed E-state index contributed by atoms with van der Waals surface area (Å²) in [6.45, 7) is 3.42. The van der Waals surface area contributed by atoms with Gasteiger partial charge in [0.25, 0.3) is 0 Å². The summed E-state index contributed by atoms with van der Waals surface area (Å²) in [7, 11) is 6.60. The van der Waals surface area contributed by atoms with Crippen molar-refractivity contribution in [2.24, 2.45) is 4.99 Å². The van der Waals surface area contributed by atoms with Crippen LogP contribution in [0.15, 0.2) is 35.3 Å². The summed E-state index contributed by atoms with van der Waals surface area (Å²) in [6.07, 6.45) is 0.527. The van der Waals surface area contributed by atoms with Crippen molar-refractivity contribution in [2.75, 3.05) is 27.7 Å². The van der Waals surface area contributed by atoms with Crippen LogP contribution >= 0.6 is 0 Å². The van der Waals surface area contributed by atoms with E-state index in [1.165, 1.54) is 5.56 Å². The van der Waals surface area contributed by atoms with Crippen LogP contribution in [0.5, 0.6) is 0 Å². The number of carboxylic acids is 1. The van der Waals surface area contributed by atoms with E-state index in [1.807, 2.05) is 0 Å². The first-order valence-electron chi connectivity index (χ1n) is 7.11. The van der Waals surface area contributed by atoms with E-state index < -0.39 is 12.0 Å². The Kier molecular flexibility index (Phi) is 6.37. The van der Waals surface area contributed by atoms with Crippen molar-refractivity contribution in [1.29, 1.82) is 0 Å². The molecule has 1 aromatic carbocycles. The van der Waals surface area contributed by atoms with E-state index in [9.17, 15) is 9.90 Å². The van der Waals surface area contributed by atoms with Gasteiger partial charge in [0.05, 0.1) is 39.0 Å². The zero-order valence-electron chi connectivity index (χ0n) is 13.3. The number of rotatable bonds is 3. The minimum absolute atomic E-state index is 0.527. The molecular formula is C16H25N3O2. The van der Waals surface area contributed by atoms with E-state index in [0.29, 0.717) is 18.8 Å². The number of hydrogen-bond donors (Lipinski definition) is 1. The van der Waals surface area contributed by atoms with Crippen molar-refractivity contribution in [1.82, 2.24) is 5.32 Å². The first kappa shape index (κ1) is 17.2. The van der Waals surface area contributed by atoms with Gasteiger partial charge in [-0.3, -0.25) is 4.99 Å². The van der Waals surface area contributed by atoms with E-state index in [1.54, 1.807) is 6.92 Å². The molecule has 0 aliphatic carbocycles. The van der Waals surface area contributed by atoms with Crippen LogP contribution < -0.4 is 10.4 Å². The van der Waals surface area contributed by atoms with Gasteiger partial charge in [-0.2, -0.15) is 0 Å². The highest BCUT2D eigenvalue weighted by Crippen LogP contribution is 2.05. The monoisotopic (exact) mass is 291 g/mol.